The largest absolute Gasteiger partial charge is 0.466 e. The van der Waals surface area contributed by atoms with Crippen molar-refractivity contribution in [3.63, 3.8) is 0 Å². The number of carbonyl (C=O) groups is 2. The van der Waals surface area contributed by atoms with Crippen LogP contribution in [0.1, 0.15) is 316 Å². The molecular weight excluding hydrogens is 779 g/mol. The third-order valence-electron chi connectivity index (χ3n) is 13.3. The lowest BCUT2D eigenvalue weighted by molar-refractivity contribution is -0.143. The molecule has 0 saturated carbocycles. The van der Waals surface area contributed by atoms with Crippen molar-refractivity contribution in [3.05, 3.63) is 12.2 Å². The van der Waals surface area contributed by atoms with Crippen molar-refractivity contribution in [2.75, 3.05) is 13.2 Å². The number of hydrogen-bond donors (Lipinski definition) is 3. The predicted octanol–water partition coefficient (Wildman–Crippen LogP) is 17.3. The zero-order valence-corrected chi connectivity index (χ0v) is 42.6. The molecule has 0 fully saturated rings. The van der Waals surface area contributed by atoms with Crippen LogP contribution in [0.4, 0.5) is 0 Å². The van der Waals surface area contributed by atoms with Gasteiger partial charge in [0, 0.05) is 12.8 Å². The lowest BCUT2D eigenvalue weighted by Crippen LogP contribution is -2.45. The zero-order valence-electron chi connectivity index (χ0n) is 42.6. The van der Waals surface area contributed by atoms with E-state index in [1.807, 2.05) is 0 Å². The normalized spacial score (nSPS) is 12.6. The van der Waals surface area contributed by atoms with Crippen LogP contribution in [0.15, 0.2) is 12.2 Å². The monoisotopic (exact) mass is 890 g/mol. The molecule has 0 aliphatic carbocycles. The molecule has 3 N–H and O–H groups in total. The van der Waals surface area contributed by atoms with E-state index < -0.39 is 12.1 Å². The van der Waals surface area contributed by atoms with E-state index in [0.29, 0.717) is 25.9 Å². The third kappa shape index (κ3) is 49.9. The van der Waals surface area contributed by atoms with Crippen molar-refractivity contribution in [1.82, 2.24) is 5.32 Å². The first-order valence-electron chi connectivity index (χ1n) is 28.4. The molecule has 0 aromatic heterocycles. The highest BCUT2D eigenvalue weighted by Crippen LogP contribution is 2.17. The van der Waals surface area contributed by atoms with Crippen LogP contribution >= 0.6 is 0 Å². The average Bonchev–Trinajstić information content (AvgIpc) is 3.28. The minimum absolute atomic E-state index is 0.00717. The Hall–Kier alpha value is -1.40. The topological polar surface area (TPSA) is 95.9 Å². The van der Waals surface area contributed by atoms with Gasteiger partial charge in [0.1, 0.15) is 0 Å². The van der Waals surface area contributed by atoms with Gasteiger partial charge in [0.15, 0.2) is 0 Å². The molecule has 0 spiro atoms. The van der Waals surface area contributed by atoms with E-state index >= 15 is 0 Å². The van der Waals surface area contributed by atoms with E-state index in [0.717, 1.165) is 38.5 Å². The van der Waals surface area contributed by atoms with Gasteiger partial charge in [-0.15, -0.1) is 0 Å². The highest BCUT2D eigenvalue weighted by molar-refractivity contribution is 5.76. The molecule has 6 nitrogen and oxygen atoms in total. The number of carbonyl (C=O) groups excluding carboxylic acids is 2. The third-order valence-corrected chi connectivity index (χ3v) is 13.3. The first-order valence-corrected chi connectivity index (χ1v) is 28.4. The van der Waals surface area contributed by atoms with Crippen molar-refractivity contribution in [2.45, 2.75) is 328 Å². The lowest BCUT2D eigenvalue weighted by Gasteiger charge is -2.22. The summed E-state index contributed by atoms with van der Waals surface area (Å²) in [5, 5.41) is 23.2. The van der Waals surface area contributed by atoms with E-state index in [2.05, 4.69) is 31.3 Å². The number of aliphatic hydroxyl groups excluding tert-OH is 2. The fourth-order valence-corrected chi connectivity index (χ4v) is 8.93. The summed E-state index contributed by atoms with van der Waals surface area (Å²) in [6, 6.07) is -0.546. The second kappa shape index (κ2) is 53.2. The predicted molar refractivity (Wildman–Crippen MR) is 273 cm³/mol. The first kappa shape index (κ1) is 61.6. The van der Waals surface area contributed by atoms with E-state index in [9.17, 15) is 19.8 Å². The molecule has 0 aliphatic heterocycles. The maximum absolute atomic E-state index is 12.4. The van der Waals surface area contributed by atoms with Crippen LogP contribution in [0.5, 0.6) is 0 Å². The van der Waals surface area contributed by atoms with Gasteiger partial charge in [-0.25, -0.2) is 0 Å². The molecule has 0 aromatic carbocycles. The summed E-state index contributed by atoms with van der Waals surface area (Å²) < 4.78 is 5.48. The number of allylic oxidation sites excluding steroid dienone is 2. The van der Waals surface area contributed by atoms with E-state index in [-0.39, 0.29) is 18.5 Å². The Morgan fingerprint density at radius 3 is 1.13 bits per heavy atom. The molecule has 2 unspecified atom stereocenters. The Kier molecular flexibility index (Phi) is 52.0. The van der Waals surface area contributed by atoms with E-state index in [4.69, 9.17) is 4.74 Å². The van der Waals surface area contributed by atoms with Crippen molar-refractivity contribution < 1.29 is 24.5 Å². The van der Waals surface area contributed by atoms with Crippen LogP contribution in [0.3, 0.4) is 0 Å². The summed E-state index contributed by atoms with van der Waals surface area (Å²) >= 11 is 0. The van der Waals surface area contributed by atoms with Gasteiger partial charge in [0.05, 0.1) is 25.4 Å². The number of hydrogen-bond acceptors (Lipinski definition) is 5. The van der Waals surface area contributed by atoms with Gasteiger partial charge in [-0.1, -0.05) is 264 Å². The highest BCUT2D eigenvalue weighted by Gasteiger charge is 2.20. The van der Waals surface area contributed by atoms with Crippen molar-refractivity contribution in [2.24, 2.45) is 0 Å². The maximum atomic E-state index is 12.4. The summed E-state index contributed by atoms with van der Waals surface area (Å²) in [5.74, 6) is -0.0369. The highest BCUT2D eigenvalue weighted by atomic mass is 16.5. The molecule has 0 rings (SSSR count). The molecule has 2 atom stereocenters. The van der Waals surface area contributed by atoms with Gasteiger partial charge >= 0.3 is 5.97 Å². The van der Waals surface area contributed by atoms with E-state index in [1.165, 1.54) is 244 Å². The Balaban J connectivity index is 3.41. The maximum Gasteiger partial charge on any atom is 0.305 e. The number of unbranched alkanes of at least 4 members (excludes halogenated alkanes) is 40. The molecule has 0 aromatic rings. The van der Waals surface area contributed by atoms with Crippen LogP contribution in [0, 0.1) is 0 Å². The molecule has 6 heteroatoms. The van der Waals surface area contributed by atoms with Gasteiger partial charge in [-0.3, -0.25) is 9.59 Å². The van der Waals surface area contributed by atoms with Gasteiger partial charge in [0.2, 0.25) is 5.91 Å². The Labute approximate surface area is 393 Å². The van der Waals surface area contributed by atoms with Crippen molar-refractivity contribution in [3.8, 4) is 0 Å². The Morgan fingerprint density at radius 1 is 0.429 bits per heavy atom. The van der Waals surface area contributed by atoms with Crippen LogP contribution in [-0.4, -0.2) is 47.4 Å². The molecule has 0 saturated heterocycles. The van der Waals surface area contributed by atoms with Crippen LogP contribution in [0.2, 0.25) is 0 Å². The summed E-state index contributed by atoms with van der Waals surface area (Å²) in [6.07, 6.45) is 62.0. The molecule has 0 radical (unpaired) electrons. The number of aliphatic hydroxyl groups is 2. The average molecular weight is 891 g/mol. The molecule has 0 aliphatic rings. The summed E-state index contributed by atoms with van der Waals surface area (Å²) in [6.45, 7) is 4.95. The fourth-order valence-electron chi connectivity index (χ4n) is 8.93. The minimum Gasteiger partial charge on any atom is -0.466 e. The zero-order chi connectivity index (χ0) is 45.8. The molecule has 374 valence electrons. The van der Waals surface area contributed by atoms with E-state index in [1.54, 1.807) is 0 Å². The number of nitrogens with one attached hydrogen (secondary N) is 1. The number of esters is 1. The number of ether oxygens (including phenoxy) is 1. The number of rotatable bonds is 53. The van der Waals surface area contributed by atoms with Crippen LogP contribution in [-0.2, 0) is 14.3 Å². The van der Waals surface area contributed by atoms with Crippen LogP contribution < -0.4 is 5.32 Å². The summed E-state index contributed by atoms with van der Waals surface area (Å²) in [7, 11) is 0. The smallest absolute Gasteiger partial charge is 0.305 e. The van der Waals surface area contributed by atoms with Gasteiger partial charge in [0.25, 0.3) is 0 Å². The summed E-state index contributed by atoms with van der Waals surface area (Å²) in [5.41, 5.74) is 0. The standard InChI is InChI=1S/C57H111NO5/c1-3-5-7-9-11-13-15-17-23-27-31-35-39-43-47-51-57(62)63-52-48-44-40-36-32-28-25-22-20-18-19-21-24-26-30-34-38-42-46-50-56(61)58-54(53-59)55(60)49-45-41-37-33-29-16-14-12-10-8-6-4-2/h18-19,54-55,59-60H,3-17,20-53H2,1-2H3,(H,58,61)/b19-18-. The minimum atomic E-state index is -0.668. The molecular formula is C57H111NO5. The second-order valence-electron chi connectivity index (χ2n) is 19.6. The number of amides is 1. The van der Waals surface area contributed by atoms with Crippen LogP contribution in [0.25, 0.3) is 0 Å². The molecule has 0 heterocycles. The second-order valence-corrected chi connectivity index (χ2v) is 19.6. The quantitative estimate of drug-likeness (QED) is 0.0321. The molecule has 63 heavy (non-hydrogen) atoms. The van der Waals surface area contributed by atoms with Gasteiger partial charge < -0.3 is 20.3 Å². The Bertz CT molecular complexity index is 939. The fraction of sp³-hybridized carbons (Fsp3) is 0.930. The molecule has 1 amide bonds. The Morgan fingerprint density at radius 2 is 0.746 bits per heavy atom. The van der Waals surface area contributed by atoms with Crippen molar-refractivity contribution >= 4 is 11.9 Å². The van der Waals surface area contributed by atoms with Crippen molar-refractivity contribution in [1.29, 1.82) is 0 Å². The van der Waals surface area contributed by atoms with Gasteiger partial charge in [-0.05, 0) is 51.4 Å². The first-order chi connectivity index (χ1) is 31.0. The SMILES string of the molecule is CCCCCCCCCCCCCCCCCC(=O)OCCCCCCCCCC/C=C\CCCCCCCCCC(=O)NC(CO)C(O)CCCCCCCCCCCCCC. The lowest BCUT2D eigenvalue weighted by atomic mass is 10.0. The van der Waals surface area contributed by atoms with Gasteiger partial charge in [-0.2, -0.15) is 0 Å². The summed E-state index contributed by atoms with van der Waals surface area (Å²) in [4.78, 5) is 24.5. The molecule has 0 bridgehead atoms.